The molecule has 0 fully saturated rings. The predicted molar refractivity (Wildman–Crippen MR) is 174 cm³/mol. The Morgan fingerprint density at radius 2 is 1.09 bits per heavy atom. The summed E-state index contributed by atoms with van der Waals surface area (Å²) in [7, 11) is 0. The van der Waals surface area contributed by atoms with Crippen LogP contribution in [0.25, 0.3) is 88.4 Å². The predicted octanol–water partition coefficient (Wildman–Crippen LogP) is 9.63. The Morgan fingerprint density at radius 3 is 2.00 bits per heavy atom. The topological polar surface area (TPSA) is 64.7 Å². The van der Waals surface area contributed by atoms with Crippen molar-refractivity contribution in [3.05, 3.63) is 134 Å². The summed E-state index contributed by atoms with van der Waals surface area (Å²) in [5.41, 5.74) is 4.18. The third-order valence-electron chi connectivity index (χ3n) is 8.20. The molecule has 0 atom stereocenters. The van der Waals surface area contributed by atoms with Gasteiger partial charge in [0, 0.05) is 33.7 Å². The van der Waals surface area contributed by atoms with Crippen molar-refractivity contribution in [2.75, 3.05) is 0 Å². The summed E-state index contributed by atoms with van der Waals surface area (Å²) in [6.07, 6.45) is 3.57. The number of aromatic nitrogens is 4. The quantitative estimate of drug-likeness (QED) is 0.205. The molecule has 5 nitrogen and oxygen atoms in total. The Hall–Kier alpha value is -5.94. The van der Waals surface area contributed by atoms with Crippen molar-refractivity contribution in [1.29, 1.82) is 0 Å². The second kappa shape index (κ2) is 9.29. The molecule has 5 heteroatoms. The van der Waals surface area contributed by atoms with Crippen LogP contribution in [0.1, 0.15) is 0 Å². The first kappa shape index (κ1) is 23.7. The van der Waals surface area contributed by atoms with E-state index in [-0.39, 0.29) is 0 Å². The Labute approximate surface area is 246 Å². The second-order valence-corrected chi connectivity index (χ2v) is 10.7. The molecule has 0 aliphatic rings. The average molecular weight is 551 g/mol. The van der Waals surface area contributed by atoms with Crippen molar-refractivity contribution in [3.63, 3.8) is 0 Å². The number of hydrogen-bond acceptors (Lipinski definition) is 5. The molecule has 0 bridgehead atoms. The molecule has 0 amide bonds. The molecule has 3 aromatic heterocycles. The lowest BCUT2D eigenvalue weighted by Crippen LogP contribution is -2.01. The van der Waals surface area contributed by atoms with E-state index in [1.165, 1.54) is 26.9 Å². The smallest absolute Gasteiger partial charge is 0.166 e. The van der Waals surface area contributed by atoms with Crippen LogP contribution in [-0.4, -0.2) is 19.9 Å². The third kappa shape index (κ3) is 3.72. The number of pyridine rings is 1. The highest BCUT2D eigenvalue weighted by Crippen LogP contribution is 2.38. The molecule has 200 valence electrons. The van der Waals surface area contributed by atoms with Crippen LogP contribution in [0.15, 0.2) is 138 Å². The minimum Gasteiger partial charge on any atom is -0.454 e. The largest absolute Gasteiger partial charge is 0.454 e. The zero-order valence-corrected chi connectivity index (χ0v) is 22.9. The lowest BCUT2D eigenvalue weighted by molar-refractivity contribution is 0.667. The normalized spacial score (nSPS) is 11.7. The van der Waals surface area contributed by atoms with Crippen molar-refractivity contribution in [3.8, 4) is 34.2 Å². The summed E-state index contributed by atoms with van der Waals surface area (Å²) in [6.45, 7) is 0. The van der Waals surface area contributed by atoms with Crippen LogP contribution in [0.3, 0.4) is 0 Å². The fourth-order valence-corrected chi connectivity index (χ4v) is 6.24. The highest BCUT2D eigenvalue weighted by Gasteiger charge is 2.19. The Morgan fingerprint density at radius 1 is 0.395 bits per heavy atom. The fourth-order valence-electron chi connectivity index (χ4n) is 6.24. The van der Waals surface area contributed by atoms with Crippen LogP contribution in [-0.2, 0) is 0 Å². The molecule has 0 aliphatic carbocycles. The van der Waals surface area contributed by atoms with Gasteiger partial charge in [-0.05, 0) is 38.4 Å². The van der Waals surface area contributed by atoms with Crippen molar-refractivity contribution in [1.82, 2.24) is 19.9 Å². The Kier molecular flexibility index (Phi) is 5.13. The monoisotopic (exact) mass is 550 g/mol. The molecule has 6 aromatic carbocycles. The van der Waals surface area contributed by atoms with E-state index in [2.05, 4.69) is 77.8 Å². The summed E-state index contributed by atoms with van der Waals surface area (Å²) >= 11 is 0. The molecule has 0 aliphatic heterocycles. The zero-order valence-electron chi connectivity index (χ0n) is 22.9. The number of furan rings is 1. The van der Waals surface area contributed by atoms with E-state index < -0.39 is 0 Å². The van der Waals surface area contributed by atoms with Gasteiger partial charge in [-0.3, -0.25) is 4.98 Å². The van der Waals surface area contributed by atoms with Gasteiger partial charge in [0.15, 0.2) is 23.1 Å². The molecular formula is C38H22N4O. The second-order valence-electron chi connectivity index (χ2n) is 10.7. The van der Waals surface area contributed by atoms with Gasteiger partial charge in [0.1, 0.15) is 5.58 Å². The molecule has 0 unspecified atom stereocenters. The maximum Gasteiger partial charge on any atom is 0.166 e. The van der Waals surface area contributed by atoms with E-state index in [1.807, 2.05) is 54.7 Å². The maximum atomic E-state index is 6.14. The van der Waals surface area contributed by atoms with Gasteiger partial charge in [-0.1, -0.05) is 115 Å². The molecule has 0 saturated carbocycles. The molecule has 3 heterocycles. The van der Waals surface area contributed by atoms with Gasteiger partial charge in [-0.2, -0.15) is 0 Å². The first-order valence-corrected chi connectivity index (χ1v) is 14.2. The third-order valence-corrected chi connectivity index (χ3v) is 8.20. The maximum absolute atomic E-state index is 6.14. The van der Waals surface area contributed by atoms with Crippen molar-refractivity contribution < 1.29 is 4.42 Å². The molecule has 9 aromatic rings. The number of nitrogens with zero attached hydrogens (tertiary/aromatic N) is 4. The van der Waals surface area contributed by atoms with Gasteiger partial charge in [0.25, 0.3) is 0 Å². The van der Waals surface area contributed by atoms with E-state index in [0.29, 0.717) is 23.1 Å². The summed E-state index contributed by atoms with van der Waals surface area (Å²) in [5, 5.41) is 9.08. The molecule has 9 rings (SSSR count). The summed E-state index contributed by atoms with van der Waals surface area (Å²) in [5.74, 6) is 1.77. The van der Waals surface area contributed by atoms with Gasteiger partial charge in [0.05, 0.1) is 6.20 Å². The molecule has 43 heavy (non-hydrogen) atoms. The average Bonchev–Trinajstić information content (AvgIpc) is 3.47. The summed E-state index contributed by atoms with van der Waals surface area (Å²) in [6, 6.07) is 41.7. The van der Waals surface area contributed by atoms with Crippen LogP contribution in [0.5, 0.6) is 0 Å². The van der Waals surface area contributed by atoms with Crippen LogP contribution >= 0.6 is 0 Å². The summed E-state index contributed by atoms with van der Waals surface area (Å²) < 4.78 is 6.14. The van der Waals surface area contributed by atoms with E-state index in [9.17, 15) is 0 Å². The number of para-hydroxylation sites is 1. The van der Waals surface area contributed by atoms with Gasteiger partial charge >= 0.3 is 0 Å². The van der Waals surface area contributed by atoms with Crippen molar-refractivity contribution in [2.24, 2.45) is 0 Å². The van der Waals surface area contributed by atoms with E-state index in [1.54, 1.807) is 6.20 Å². The van der Waals surface area contributed by atoms with Gasteiger partial charge in [-0.15, -0.1) is 0 Å². The number of benzene rings is 6. The highest BCUT2D eigenvalue weighted by atomic mass is 16.3. The molecule has 0 saturated heterocycles. The van der Waals surface area contributed by atoms with Crippen molar-refractivity contribution in [2.45, 2.75) is 0 Å². The zero-order chi connectivity index (χ0) is 28.3. The first-order valence-electron chi connectivity index (χ1n) is 14.2. The molecule has 0 spiro atoms. The highest BCUT2D eigenvalue weighted by molar-refractivity contribution is 6.22. The van der Waals surface area contributed by atoms with Gasteiger partial charge in [0.2, 0.25) is 0 Å². The van der Waals surface area contributed by atoms with Crippen molar-refractivity contribution >= 4 is 54.3 Å². The first-order chi connectivity index (χ1) is 21.3. The van der Waals surface area contributed by atoms with E-state index in [4.69, 9.17) is 19.4 Å². The Bertz CT molecular complexity index is 2520. The van der Waals surface area contributed by atoms with Gasteiger partial charge in [-0.25, -0.2) is 15.0 Å². The lowest BCUT2D eigenvalue weighted by Gasteiger charge is -2.13. The standard InChI is InChI=1S/C38H22N4O/c1-2-10-25(11-3-1)36-40-37(42-38(41-36)31-21-39-22-33-35(31)30-13-6-7-16-32(30)43-33)29-15-8-14-28-27(29)20-19-24-18-17-23-9-4-5-12-26(23)34(24)28/h1-22H. The van der Waals surface area contributed by atoms with Crippen LogP contribution in [0.4, 0.5) is 0 Å². The molecular weight excluding hydrogens is 528 g/mol. The fraction of sp³-hybridized carbons (Fsp3) is 0. The molecule has 0 radical (unpaired) electrons. The van der Waals surface area contributed by atoms with Crippen LogP contribution in [0, 0.1) is 0 Å². The minimum absolute atomic E-state index is 0.553. The lowest BCUT2D eigenvalue weighted by atomic mass is 9.94. The van der Waals surface area contributed by atoms with E-state index in [0.717, 1.165) is 38.4 Å². The number of rotatable bonds is 3. The minimum atomic E-state index is 0.553. The van der Waals surface area contributed by atoms with E-state index >= 15 is 0 Å². The molecule has 0 N–H and O–H groups in total. The van der Waals surface area contributed by atoms with Crippen LogP contribution < -0.4 is 0 Å². The van der Waals surface area contributed by atoms with Gasteiger partial charge < -0.3 is 4.42 Å². The van der Waals surface area contributed by atoms with Crippen LogP contribution in [0.2, 0.25) is 0 Å². The number of hydrogen-bond donors (Lipinski definition) is 0. The Balaban J connectivity index is 1.35. The summed E-state index contributed by atoms with van der Waals surface area (Å²) in [4.78, 5) is 19.7. The number of fused-ring (bicyclic) bond motifs is 8. The SMILES string of the molecule is c1ccc(-c2nc(-c3cccc4c3ccc3ccc5ccccc5c34)nc(-c3cncc4oc5ccccc5c34)n2)cc1.